The molecule has 1 aliphatic rings. The summed E-state index contributed by atoms with van der Waals surface area (Å²) in [6, 6.07) is 0. The Morgan fingerprint density at radius 1 is 1.50 bits per heavy atom. The van der Waals surface area contributed by atoms with E-state index in [4.69, 9.17) is 16.6 Å². The number of anilines is 2. The Labute approximate surface area is 142 Å². The minimum absolute atomic E-state index is 0.0332. The van der Waals surface area contributed by atoms with Crippen molar-refractivity contribution in [2.75, 3.05) is 24.2 Å². The summed E-state index contributed by atoms with van der Waals surface area (Å²) in [5, 5.41) is 11.2. The summed E-state index contributed by atoms with van der Waals surface area (Å²) in [6.07, 6.45) is 6.12. The molecular formula is C16H28FN5O2. The van der Waals surface area contributed by atoms with Gasteiger partial charge in [0, 0.05) is 19.3 Å². The number of hydrogen-bond donors (Lipinski definition) is 4. The smallest absolute Gasteiger partial charge is 0.254 e. The Hall–Kier alpha value is -1.96. The van der Waals surface area contributed by atoms with Crippen LogP contribution in [0, 0.1) is 5.92 Å². The van der Waals surface area contributed by atoms with Crippen LogP contribution in [0.5, 0.6) is 0 Å². The first-order valence-electron chi connectivity index (χ1n) is 8.19. The van der Waals surface area contributed by atoms with Gasteiger partial charge in [0.2, 0.25) is 5.95 Å². The molecule has 6 N–H and O–H groups in total. The van der Waals surface area contributed by atoms with Gasteiger partial charge in [-0.3, -0.25) is 4.79 Å². The Balaban J connectivity index is 0.000000400. The fourth-order valence-electron chi connectivity index (χ4n) is 1.97. The number of nitrogens with zero attached hydrogens (tertiary/aromatic N) is 2. The van der Waals surface area contributed by atoms with Gasteiger partial charge in [0.25, 0.3) is 5.91 Å². The highest BCUT2D eigenvalue weighted by Gasteiger charge is 2.19. The number of halogens is 1. The molecule has 0 aliphatic heterocycles. The van der Waals surface area contributed by atoms with Crippen molar-refractivity contribution in [2.45, 2.75) is 51.6 Å². The van der Waals surface area contributed by atoms with E-state index in [0.29, 0.717) is 31.9 Å². The monoisotopic (exact) mass is 341 g/mol. The van der Waals surface area contributed by atoms with Gasteiger partial charge in [0.15, 0.2) is 0 Å². The van der Waals surface area contributed by atoms with E-state index in [1.54, 1.807) is 0 Å². The number of nitrogens with two attached hydrogens (primary N) is 2. The summed E-state index contributed by atoms with van der Waals surface area (Å²) >= 11 is 0. The Bertz CT molecular complexity index is 530. The van der Waals surface area contributed by atoms with Crippen molar-refractivity contribution in [3.8, 4) is 0 Å². The number of nitrogen functional groups attached to an aromatic ring is 1. The summed E-state index contributed by atoms with van der Waals surface area (Å²) in [6.45, 7) is 3.99. The van der Waals surface area contributed by atoms with Crippen molar-refractivity contribution in [2.24, 2.45) is 11.7 Å². The molecule has 0 unspecified atom stereocenters. The number of carbonyl (C=O) groups excluding carboxylic acids is 1. The molecule has 1 fully saturated rings. The molecule has 0 saturated heterocycles. The van der Waals surface area contributed by atoms with Gasteiger partial charge in [-0.05, 0) is 39.0 Å². The van der Waals surface area contributed by atoms with Crippen LogP contribution in [0.4, 0.5) is 16.2 Å². The summed E-state index contributed by atoms with van der Waals surface area (Å²) in [4.78, 5) is 18.7. The molecule has 8 heteroatoms. The number of rotatable bonds is 8. The number of aliphatic hydroxyl groups is 1. The van der Waals surface area contributed by atoms with Crippen LogP contribution in [-0.2, 0) is 0 Å². The van der Waals surface area contributed by atoms with Gasteiger partial charge >= 0.3 is 0 Å². The summed E-state index contributed by atoms with van der Waals surface area (Å²) in [5.74, 6) is 0.563. The Morgan fingerprint density at radius 3 is 2.58 bits per heavy atom. The highest BCUT2D eigenvalue weighted by molar-refractivity contribution is 5.96. The zero-order chi connectivity index (χ0) is 18.2. The van der Waals surface area contributed by atoms with Crippen LogP contribution in [0.2, 0.25) is 0 Å². The number of primary amides is 1. The predicted molar refractivity (Wildman–Crippen MR) is 92.3 cm³/mol. The number of alkyl halides is 1. The number of aromatic nitrogens is 2. The van der Waals surface area contributed by atoms with E-state index in [-0.39, 0.29) is 11.4 Å². The first-order valence-corrected chi connectivity index (χ1v) is 8.19. The fourth-order valence-corrected chi connectivity index (χ4v) is 1.97. The van der Waals surface area contributed by atoms with Crippen LogP contribution in [0.15, 0.2) is 6.20 Å². The maximum Gasteiger partial charge on any atom is 0.254 e. The second-order valence-electron chi connectivity index (χ2n) is 6.56. The number of hydrogen-bond acceptors (Lipinski definition) is 6. The second kappa shape index (κ2) is 9.36. The van der Waals surface area contributed by atoms with Crippen LogP contribution in [0.25, 0.3) is 0 Å². The fraction of sp³-hybridized carbons (Fsp3) is 0.688. The standard InChI is InChI=1S/C11H18FN5O.C5H10O/c1-11(2,12)4-3-5-15-10-16-6-7(9(14)18)8(13)17-10;6-4-3-5-1-2-5/h6H,3-5H2,1-2H3,(H2,14,18)(H3,13,15,16,17);5-6H,1-4H2. The molecule has 1 amide bonds. The average molecular weight is 341 g/mol. The van der Waals surface area contributed by atoms with Crippen molar-refractivity contribution < 1.29 is 14.3 Å². The molecule has 1 aromatic rings. The lowest BCUT2D eigenvalue weighted by molar-refractivity contribution is 0.100. The third-order valence-corrected chi connectivity index (χ3v) is 3.55. The first-order chi connectivity index (χ1) is 11.2. The van der Waals surface area contributed by atoms with E-state index in [9.17, 15) is 9.18 Å². The van der Waals surface area contributed by atoms with E-state index >= 15 is 0 Å². The minimum Gasteiger partial charge on any atom is -0.396 e. The van der Waals surface area contributed by atoms with Crippen molar-refractivity contribution >= 4 is 17.7 Å². The normalized spacial score (nSPS) is 13.8. The van der Waals surface area contributed by atoms with E-state index in [2.05, 4.69) is 15.3 Å². The molecule has 7 nitrogen and oxygen atoms in total. The summed E-state index contributed by atoms with van der Waals surface area (Å²) in [5.41, 5.74) is 9.52. The molecule has 1 aliphatic carbocycles. The molecule has 24 heavy (non-hydrogen) atoms. The third-order valence-electron chi connectivity index (χ3n) is 3.55. The SMILES string of the molecule is CC(C)(F)CCCNc1ncc(C(N)=O)c(N)n1.OCCC1CC1. The first kappa shape index (κ1) is 20.1. The van der Waals surface area contributed by atoms with Crippen molar-refractivity contribution in [1.82, 2.24) is 9.97 Å². The lowest BCUT2D eigenvalue weighted by atomic mass is 10.1. The molecule has 0 atom stereocenters. The van der Waals surface area contributed by atoms with Crippen molar-refractivity contribution in [3.05, 3.63) is 11.8 Å². The lowest BCUT2D eigenvalue weighted by Gasteiger charge is -2.13. The van der Waals surface area contributed by atoms with Crippen LogP contribution in [0.3, 0.4) is 0 Å². The largest absolute Gasteiger partial charge is 0.396 e. The van der Waals surface area contributed by atoms with Gasteiger partial charge in [-0.25, -0.2) is 9.37 Å². The summed E-state index contributed by atoms with van der Waals surface area (Å²) in [7, 11) is 0. The molecule has 0 radical (unpaired) electrons. The highest BCUT2D eigenvalue weighted by Crippen LogP contribution is 2.31. The van der Waals surface area contributed by atoms with E-state index in [0.717, 1.165) is 12.3 Å². The highest BCUT2D eigenvalue weighted by atomic mass is 19.1. The molecule has 0 spiro atoms. The van der Waals surface area contributed by atoms with Gasteiger partial charge in [-0.15, -0.1) is 0 Å². The summed E-state index contributed by atoms with van der Waals surface area (Å²) < 4.78 is 13.2. The zero-order valence-corrected chi connectivity index (χ0v) is 14.4. The van der Waals surface area contributed by atoms with Crippen LogP contribution < -0.4 is 16.8 Å². The average Bonchev–Trinajstić information content (AvgIpc) is 3.27. The third kappa shape index (κ3) is 8.61. The number of aliphatic hydroxyl groups excluding tert-OH is 1. The number of carbonyl (C=O) groups is 1. The van der Waals surface area contributed by atoms with Gasteiger partial charge in [-0.1, -0.05) is 12.8 Å². The second-order valence-corrected chi connectivity index (χ2v) is 6.56. The minimum atomic E-state index is -1.18. The molecule has 1 aromatic heterocycles. The van der Waals surface area contributed by atoms with Crippen molar-refractivity contribution in [1.29, 1.82) is 0 Å². The predicted octanol–water partition coefficient (Wildman–Crippen LogP) is 1.88. The number of amides is 1. The molecule has 2 rings (SSSR count). The van der Waals surface area contributed by atoms with Crippen LogP contribution in [0.1, 0.15) is 56.3 Å². The van der Waals surface area contributed by atoms with Gasteiger partial charge in [0.05, 0.1) is 5.56 Å². The molecule has 1 heterocycles. The molecule has 1 saturated carbocycles. The molecule has 0 bridgehead atoms. The maximum atomic E-state index is 13.2. The zero-order valence-electron chi connectivity index (χ0n) is 14.4. The Morgan fingerprint density at radius 2 is 2.17 bits per heavy atom. The van der Waals surface area contributed by atoms with Gasteiger partial charge in [0.1, 0.15) is 11.5 Å². The van der Waals surface area contributed by atoms with E-state index in [1.807, 2.05) is 0 Å². The lowest BCUT2D eigenvalue weighted by Crippen LogP contribution is -2.17. The van der Waals surface area contributed by atoms with Crippen LogP contribution in [-0.4, -0.2) is 39.8 Å². The maximum absolute atomic E-state index is 13.2. The Kier molecular flexibility index (Phi) is 7.84. The molecule has 136 valence electrons. The topological polar surface area (TPSA) is 127 Å². The van der Waals surface area contributed by atoms with Gasteiger partial charge < -0.3 is 21.9 Å². The van der Waals surface area contributed by atoms with E-state index in [1.165, 1.54) is 32.9 Å². The van der Waals surface area contributed by atoms with E-state index < -0.39 is 11.6 Å². The van der Waals surface area contributed by atoms with Crippen molar-refractivity contribution in [3.63, 3.8) is 0 Å². The molecule has 0 aromatic carbocycles. The molecular weight excluding hydrogens is 313 g/mol. The van der Waals surface area contributed by atoms with Gasteiger partial charge in [-0.2, -0.15) is 4.98 Å². The van der Waals surface area contributed by atoms with Crippen LogP contribution >= 0.6 is 0 Å². The number of nitrogens with one attached hydrogen (secondary N) is 1. The quantitative estimate of drug-likeness (QED) is 0.535.